The molecule has 24 heavy (non-hydrogen) atoms. The highest BCUT2D eigenvalue weighted by molar-refractivity contribution is 6.00. The summed E-state index contributed by atoms with van der Waals surface area (Å²) in [6.07, 6.45) is 1.16. The predicted octanol–water partition coefficient (Wildman–Crippen LogP) is 0.902. The van der Waals surface area contributed by atoms with Gasteiger partial charge < -0.3 is 20.1 Å². The van der Waals surface area contributed by atoms with Gasteiger partial charge in [-0.15, -0.1) is 0 Å². The van der Waals surface area contributed by atoms with Gasteiger partial charge in [0.2, 0.25) is 5.91 Å². The molecule has 0 aromatic heterocycles. The molecule has 3 rings (SSSR count). The van der Waals surface area contributed by atoms with Crippen molar-refractivity contribution >= 4 is 11.8 Å². The Kier molecular flexibility index (Phi) is 4.60. The average molecular weight is 332 g/mol. The van der Waals surface area contributed by atoms with Gasteiger partial charge in [0.25, 0.3) is 5.91 Å². The van der Waals surface area contributed by atoms with Crippen LogP contribution in [-0.2, 0) is 9.53 Å². The van der Waals surface area contributed by atoms with Gasteiger partial charge in [-0.05, 0) is 18.6 Å². The van der Waals surface area contributed by atoms with Crippen molar-refractivity contribution in [1.29, 1.82) is 0 Å². The Balaban J connectivity index is 1.64. The number of benzene rings is 1. The summed E-state index contributed by atoms with van der Waals surface area (Å²) in [6.45, 7) is 3.12. The smallest absolute Gasteiger partial charge is 0.253 e. The Morgan fingerprint density at radius 2 is 2.12 bits per heavy atom. The largest absolute Gasteiger partial charge is 0.388 e. The molecule has 130 valence electrons. The Bertz CT molecular complexity index is 640. The van der Waals surface area contributed by atoms with Gasteiger partial charge in [-0.1, -0.05) is 18.2 Å². The van der Waals surface area contributed by atoms with Crippen LogP contribution in [0.2, 0.25) is 0 Å². The van der Waals surface area contributed by atoms with Crippen molar-refractivity contribution in [3.63, 3.8) is 0 Å². The highest BCUT2D eigenvalue weighted by Gasteiger charge is 2.44. The second-order valence-electron chi connectivity index (χ2n) is 6.75. The average Bonchev–Trinajstić information content (AvgIpc) is 2.55. The minimum atomic E-state index is -0.884. The van der Waals surface area contributed by atoms with Crippen molar-refractivity contribution in [2.24, 2.45) is 0 Å². The number of carbonyl (C=O) groups is 2. The van der Waals surface area contributed by atoms with Gasteiger partial charge >= 0.3 is 0 Å². The number of nitrogens with one attached hydrogen (secondary N) is 1. The predicted molar refractivity (Wildman–Crippen MR) is 88.8 cm³/mol. The highest BCUT2D eigenvalue weighted by atomic mass is 16.5. The van der Waals surface area contributed by atoms with Crippen LogP contribution in [0.15, 0.2) is 24.3 Å². The van der Waals surface area contributed by atoms with Crippen LogP contribution in [0.1, 0.15) is 41.6 Å². The molecule has 0 bridgehead atoms. The first-order valence-corrected chi connectivity index (χ1v) is 8.39. The number of aliphatic hydroxyl groups is 1. The molecule has 0 saturated heterocycles. The fraction of sp³-hybridized carbons (Fsp3) is 0.556. The van der Waals surface area contributed by atoms with Crippen LogP contribution in [-0.4, -0.2) is 60.3 Å². The number of likely N-dealkylation sites (N-methyl/N-ethyl adjacent to an activating group) is 1. The number of ether oxygens (including phenoxy) is 1. The molecule has 1 aromatic carbocycles. The van der Waals surface area contributed by atoms with E-state index in [0.717, 1.165) is 5.56 Å². The van der Waals surface area contributed by atoms with E-state index < -0.39 is 11.5 Å². The standard InChI is InChI=1S/C18H24N2O4/c1-3-24-12-8-18(23,9-12)11-19-16(21)15-10-20(2)17(22)14-7-5-4-6-13(14)15/h4-7,12,15,23H,3,8-11H2,1-2H3,(H,19,21). The topological polar surface area (TPSA) is 78.9 Å². The third-order valence-corrected chi connectivity index (χ3v) is 4.90. The van der Waals surface area contributed by atoms with Crippen LogP contribution in [0.5, 0.6) is 0 Å². The van der Waals surface area contributed by atoms with E-state index in [9.17, 15) is 14.7 Å². The minimum absolute atomic E-state index is 0.0631. The Morgan fingerprint density at radius 1 is 1.42 bits per heavy atom. The summed E-state index contributed by atoms with van der Waals surface area (Å²) in [6, 6.07) is 7.22. The minimum Gasteiger partial charge on any atom is -0.388 e. The molecule has 1 unspecified atom stereocenters. The number of amides is 2. The van der Waals surface area contributed by atoms with Crippen molar-refractivity contribution in [1.82, 2.24) is 10.2 Å². The molecule has 1 aliphatic heterocycles. The van der Waals surface area contributed by atoms with E-state index in [1.54, 1.807) is 24.1 Å². The summed E-state index contributed by atoms with van der Waals surface area (Å²) in [4.78, 5) is 26.4. The lowest BCUT2D eigenvalue weighted by atomic mass is 9.77. The summed E-state index contributed by atoms with van der Waals surface area (Å²) < 4.78 is 5.45. The molecule has 2 N–H and O–H groups in total. The summed E-state index contributed by atoms with van der Waals surface area (Å²) in [5, 5.41) is 13.2. The molecule has 2 amide bonds. The number of fused-ring (bicyclic) bond motifs is 1. The van der Waals surface area contributed by atoms with Crippen LogP contribution in [0, 0.1) is 0 Å². The first kappa shape index (κ1) is 16.9. The second-order valence-corrected chi connectivity index (χ2v) is 6.75. The molecule has 1 aliphatic carbocycles. The van der Waals surface area contributed by atoms with E-state index in [-0.39, 0.29) is 24.5 Å². The maximum atomic E-state index is 12.6. The number of nitrogens with zero attached hydrogens (tertiary/aromatic N) is 1. The molecule has 6 nitrogen and oxygen atoms in total. The molecule has 6 heteroatoms. The van der Waals surface area contributed by atoms with Crippen LogP contribution in [0.3, 0.4) is 0 Å². The first-order chi connectivity index (χ1) is 11.4. The second kappa shape index (κ2) is 6.53. The lowest BCUT2D eigenvalue weighted by Crippen LogP contribution is -2.56. The summed E-state index contributed by atoms with van der Waals surface area (Å²) in [7, 11) is 1.70. The summed E-state index contributed by atoms with van der Waals surface area (Å²) in [5.74, 6) is -0.628. The maximum absolute atomic E-state index is 12.6. The van der Waals surface area contributed by atoms with E-state index in [1.807, 2.05) is 19.1 Å². The van der Waals surface area contributed by atoms with Gasteiger partial charge in [0.1, 0.15) is 0 Å². The number of hydrogen-bond acceptors (Lipinski definition) is 4. The summed E-state index contributed by atoms with van der Waals surface area (Å²) >= 11 is 0. The third-order valence-electron chi connectivity index (χ3n) is 4.90. The zero-order chi connectivity index (χ0) is 17.3. The monoisotopic (exact) mass is 332 g/mol. The van der Waals surface area contributed by atoms with Gasteiger partial charge in [0.15, 0.2) is 0 Å². The fourth-order valence-electron chi connectivity index (χ4n) is 3.54. The Hall–Kier alpha value is -1.92. The van der Waals surface area contributed by atoms with Crippen LogP contribution < -0.4 is 5.32 Å². The third kappa shape index (κ3) is 3.16. The molecule has 0 spiro atoms. The zero-order valence-corrected chi connectivity index (χ0v) is 14.1. The molecule has 1 aromatic rings. The molecular weight excluding hydrogens is 308 g/mol. The van der Waals surface area contributed by atoms with Gasteiger partial charge in [-0.3, -0.25) is 9.59 Å². The molecule has 1 atom stereocenters. The molecule has 0 radical (unpaired) electrons. The van der Waals surface area contributed by atoms with Crippen LogP contribution >= 0.6 is 0 Å². The van der Waals surface area contributed by atoms with Crippen molar-refractivity contribution in [3.05, 3.63) is 35.4 Å². The number of hydrogen-bond donors (Lipinski definition) is 2. The SMILES string of the molecule is CCOC1CC(O)(CNC(=O)C2CN(C)C(=O)c3ccccc32)C1. The van der Waals surface area contributed by atoms with Gasteiger partial charge in [-0.2, -0.15) is 0 Å². The van der Waals surface area contributed by atoms with Gasteiger partial charge in [0, 0.05) is 45.1 Å². The molecule has 1 saturated carbocycles. The lowest BCUT2D eigenvalue weighted by Gasteiger charge is -2.43. The summed E-state index contributed by atoms with van der Waals surface area (Å²) in [5.41, 5.74) is 0.446. The lowest BCUT2D eigenvalue weighted by molar-refractivity contribution is -0.142. The van der Waals surface area contributed by atoms with Crippen molar-refractivity contribution in [2.75, 3.05) is 26.7 Å². The van der Waals surface area contributed by atoms with E-state index in [1.165, 1.54) is 0 Å². The molecule has 2 aliphatic rings. The van der Waals surface area contributed by atoms with Gasteiger partial charge in [-0.25, -0.2) is 0 Å². The fourth-order valence-corrected chi connectivity index (χ4v) is 3.54. The first-order valence-electron chi connectivity index (χ1n) is 8.39. The van der Waals surface area contributed by atoms with Crippen LogP contribution in [0.25, 0.3) is 0 Å². The number of carbonyl (C=O) groups excluding carboxylic acids is 2. The van der Waals surface area contributed by atoms with Crippen LogP contribution in [0.4, 0.5) is 0 Å². The molecule has 1 heterocycles. The maximum Gasteiger partial charge on any atom is 0.253 e. The molecule has 1 fully saturated rings. The number of rotatable bonds is 5. The van der Waals surface area contributed by atoms with Crippen molar-refractivity contribution < 1.29 is 19.4 Å². The Labute approximate surface area is 141 Å². The quantitative estimate of drug-likeness (QED) is 0.840. The zero-order valence-electron chi connectivity index (χ0n) is 14.1. The van der Waals surface area contributed by atoms with Crippen molar-refractivity contribution in [2.45, 2.75) is 37.4 Å². The Morgan fingerprint density at radius 3 is 2.83 bits per heavy atom. The normalized spacial score (nSPS) is 29.0. The van der Waals surface area contributed by atoms with Crippen molar-refractivity contribution in [3.8, 4) is 0 Å². The highest BCUT2D eigenvalue weighted by Crippen LogP contribution is 2.34. The molecular formula is C18H24N2O4. The van der Waals surface area contributed by atoms with E-state index in [4.69, 9.17) is 4.74 Å². The van der Waals surface area contributed by atoms with E-state index >= 15 is 0 Å². The van der Waals surface area contributed by atoms with E-state index in [0.29, 0.717) is 31.6 Å². The van der Waals surface area contributed by atoms with E-state index in [2.05, 4.69) is 5.32 Å². The van der Waals surface area contributed by atoms with Gasteiger partial charge in [0.05, 0.1) is 17.6 Å².